The summed E-state index contributed by atoms with van der Waals surface area (Å²) in [5.41, 5.74) is 2.31. The van der Waals surface area contributed by atoms with Crippen LogP contribution in [0.3, 0.4) is 0 Å². The van der Waals surface area contributed by atoms with Crippen LogP contribution in [-0.4, -0.2) is 22.8 Å². The van der Waals surface area contributed by atoms with Gasteiger partial charge in [0, 0.05) is 31.9 Å². The minimum atomic E-state index is 0.169. The fraction of sp³-hybridized carbons (Fsp3) is 0.467. The van der Waals surface area contributed by atoms with Crippen molar-refractivity contribution in [3.8, 4) is 0 Å². The zero-order valence-corrected chi connectivity index (χ0v) is 11.1. The van der Waals surface area contributed by atoms with Crippen molar-refractivity contribution in [2.24, 2.45) is 5.92 Å². The molecule has 0 bridgehead atoms. The Hall–Kier alpha value is -1.64. The van der Waals surface area contributed by atoms with Gasteiger partial charge >= 0.3 is 0 Å². The van der Waals surface area contributed by atoms with E-state index in [1.807, 2.05) is 31.1 Å². The van der Waals surface area contributed by atoms with Gasteiger partial charge in [-0.05, 0) is 43.4 Å². The van der Waals surface area contributed by atoms with Crippen LogP contribution in [0.1, 0.15) is 30.4 Å². The quantitative estimate of drug-likeness (QED) is 0.766. The second-order valence-electron chi connectivity index (χ2n) is 4.98. The Labute approximate surface area is 109 Å². The summed E-state index contributed by atoms with van der Waals surface area (Å²) in [7, 11) is 1.89. The Morgan fingerprint density at radius 2 is 2.33 bits per heavy atom. The molecular weight excluding hydrogens is 224 g/mol. The highest BCUT2D eigenvalue weighted by atomic mass is 16.2. The minimum Gasteiger partial charge on any atom is -0.341 e. The maximum atomic E-state index is 12.3. The lowest BCUT2D eigenvalue weighted by Crippen LogP contribution is -2.33. The van der Waals surface area contributed by atoms with Gasteiger partial charge in [-0.15, -0.1) is 0 Å². The maximum absolute atomic E-state index is 12.3. The van der Waals surface area contributed by atoms with Gasteiger partial charge in [0.2, 0.25) is 5.91 Å². The predicted octanol–water partition coefficient (Wildman–Crippen LogP) is 2.70. The number of carbonyl (C=O) groups excluding carboxylic acids is 1. The molecule has 0 unspecified atom stereocenters. The average Bonchev–Trinajstić information content (AvgIpc) is 2.41. The molecule has 1 aromatic heterocycles. The predicted molar refractivity (Wildman–Crippen MR) is 71.9 cm³/mol. The van der Waals surface area contributed by atoms with Crippen molar-refractivity contribution in [3.05, 3.63) is 41.7 Å². The van der Waals surface area contributed by atoms with Gasteiger partial charge in [0.05, 0.1) is 0 Å². The zero-order valence-electron chi connectivity index (χ0n) is 11.1. The molecule has 0 spiro atoms. The van der Waals surface area contributed by atoms with Crippen molar-refractivity contribution in [1.82, 2.24) is 9.88 Å². The topological polar surface area (TPSA) is 33.2 Å². The molecule has 0 aliphatic heterocycles. The molecule has 0 fully saturated rings. The summed E-state index contributed by atoms with van der Waals surface area (Å²) in [6.45, 7) is 2.71. The number of nitrogens with zero attached hydrogens (tertiary/aromatic N) is 2. The normalized spacial score (nSPS) is 18.7. The van der Waals surface area contributed by atoms with E-state index in [9.17, 15) is 4.79 Å². The van der Waals surface area contributed by atoms with Gasteiger partial charge in [0.25, 0.3) is 0 Å². The van der Waals surface area contributed by atoms with E-state index in [-0.39, 0.29) is 11.8 Å². The van der Waals surface area contributed by atoms with Crippen molar-refractivity contribution in [2.75, 3.05) is 7.05 Å². The number of hydrogen-bond acceptors (Lipinski definition) is 2. The summed E-state index contributed by atoms with van der Waals surface area (Å²) in [5.74, 6) is 0.428. The van der Waals surface area contributed by atoms with Crippen LogP contribution in [0.25, 0.3) is 0 Å². The molecule has 2 rings (SSSR count). The Balaban J connectivity index is 1.99. The molecule has 0 N–H and O–H groups in total. The lowest BCUT2D eigenvalue weighted by molar-refractivity contribution is -0.135. The van der Waals surface area contributed by atoms with Crippen molar-refractivity contribution in [1.29, 1.82) is 0 Å². The molecule has 1 aromatic rings. The van der Waals surface area contributed by atoms with E-state index in [2.05, 4.69) is 17.1 Å². The van der Waals surface area contributed by atoms with Crippen molar-refractivity contribution < 1.29 is 4.79 Å². The molecule has 0 radical (unpaired) electrons. The highest BCUT2D eigenvalue weighted by Crippen LogP contribution is 2.21. The number of rotatable bonds is 3. The fourth-order valence-corrected chi connectivity index (χ4v) is 2.34. The SMILES string of the molecule is Cc1cnccc1CN(C)C(=O)[C@H]1CC=CCC1. The van der Waals surface area contributed by atoms with Gasteiger partial charge in [0.15, 0.2) is 0 Å². The molecule has 0 saturated carbocycles. The van der Waals surface area contributed by atoms with Crippen LogP contribution in [-0.2, 0) is 11.3 Å². The van der Waals surface area contributed by atoms with Crippen molar-refractivity contribution >= 4 is 5.91 Å². The first-order valence-corrected chi connectivity index (χ1v) is 6.48. The smallest absolute Gasteiger partial charge is 0.226 e. The lowest BCUT2D eigenvalue weighted by atomic mass is 9.93. The Bertz CT molecular complexity index is 454. The van der Waals surface area contributed by atoms with E-state index in [4.69, 9.17) is 0 Å². The van der Waals surface area contributed by atoms with E-state index in [1.165, 1.54) is 5.56 Å². The number of hydrogen-bond donors (Lipinski definition) is 0. The largest absolute Gasteiger partial charge is 0.341 e. The molecule has 1 aliphatic carbocycles. The molecule has 0 saturated heterocycles. The van der Waals surface area contributed by atoms with Crippen LogP contribution >= 0.6 is 0 Å². The standard InChI is InChI=1S/C15H20N2O/c1-12-10-16-9-8-14(12)11-17(2)15(18)13-6-4-3-5-7-13/h3-4,8-10,13H,5-7,11H2,1-2H3/t13-/m0/s1. The van der Waals surface area contributed by atoms with Crippen LogP contribution < -0.4 is 0 Å². The first-order valence-electron chi connectivity index (χ1n) is 6.48. The van der Waals surface area contributed by atoms with Crippen molar-refractivity contribution in [2.45, 2.75) is 32.7 Å². The first kappa shape index (κ1) is 12.8. The van der Waals surface area contributed by atoms with E-state index in [0.717, 1.165) is 24.8 Å². The molecule has 1 atom stereocenters. The first-order chi connectivity index (χ1) is 8.68. The van der Waals surface area contributed by atoms with Crippen LogP contribution in [0.2, 0.25) is 0 Å². The highest BCUT2D eigenvalue weighted by Gasteiger charge is 2.22. The average molecular weight is 244 g/mol. The number of pyridine rings is 1. The fourth-order valence-electron chi connectivity index (χ4n) is 2.34. The van der Waals surface area contributed by atoms with Gasteiger partial charge in [-0.1, -0.05) is 12.2 Å². The molecule has 1 aliphatic rings. The summed E-state index contributed by atoms with van der Waals surface area (Å²) >= 11 is 0. The highest BCUT2D eigenvalue weighted by molar-refractivity contribution is 5.79. The van der Waals surface area contributed by atoms with E-state index >= 15 is 0 Å². The number of aryl methyl sites for hydroxylation is 1. The van der Waals surface area contributed by atoms with Crippen LogP contribution in [0.5, 0.6) is 0 Å². The van der Waals surface area contributed by atoms with Crippen LogP contribution in [0.15, 0.2) is 30.6 Å². The molecule has 3 heteroatoms. The Morgan fingerprint density at radius 3 is 3.00 bits per heavy atom. The molecule has 96 valence electrons. The number of carbonyl (C=O) groups is 1. The molecule has 1 heterocycles. The van der Waals surface area contributed by atoms with Gasteiger partial charge in [-0.2, -0.15) is 0 Å². The molecular formula is C15H20N2O. The second-order valence-corrected chi connectivity index (χ2v) is 4.98. The summed E-state index contributed by atoms with van der Waals surface area (Å²) in [6.07, 6.45) is 10.8. The Morgan fingerprint density at radius 1 is 1.50 bits per heavy atom. The third-order valence-electron chi connectivity index (χ3n) is 3.54. The maximum Gasteiger partial charge on any atom is 0.226 e. The van der Waals surface area contributed by atoms with E-state index < -0.39 is 0 Å². The lowest BCUT2D eigenvalue weighted by Gasteiger charge is -2.25. The van der Waals surface area contributed by atoms with Gasteiger partial charge in [-0.3, -0.25) is 9.78 Å². The summed E-state index contributed by atoms with van der Waals surface area (Å²) < 4.78 is 0. The summed E-state index contributed by atoms with van der Waals surface area (Å²) in [5, 5.41) is 0. The molecule has 1 amide bonds. The molecule has 0 aromatic carbocycles. The van der Waals surface area contributed by atoms with Crippen LogP contribution in [0, 0.1) is 12.8 Å². The number of allylic oxidation sites excluding steroid dienone is 2. The third-order valence-corrected chi connectivity index (χ3v) is 3.54. The van der Waals surface area contributed by atoms with Gasteiger partial charge in [-0.25, -0.2) is 0 Å². The Kier molecular flexibility index (Phi) is 4.13. The number of aromatic nitrogens is 1. The summed E-state index contributed by atoms with van der Waals surface area (Å²) in [4.78, 5) is 18.2. The van der Waals surface area contributed by atoms with E-state index in [0.29, 0.717) is 6.54 Å². The van der Waals surface area contributed by atoms with Gasteiger partial charge < -0.3 is 4.90 Å². The second kappa shape index (κ2) is 5.80. The van der Waals surface area contributed by atoms with Crippen molar-refractivity contribution in [3.63, 3.8) is 0 Å². The third kappa shape index (κ3) is 2.97. The summed E-state index contributed by atoms with van der Waals surface area (Å²) in [6, 6.07) is 1.99. The van der Waals surface area contributed by atoms with Gasteiger partial charge in [0.1, 0.15) is 0 Å². The molecule has 18 heavy (non-hydrogen) atoms. The number of amides is 1. The zero-order chi connectivity index (χ0) is 13.0. The van der Waals surface area contributed by atoms with E-state index in [1.54, 1.807) is 6.20 Å². The van der Waals surface area contributed by atoms with Crippen LogP contribution in [0.4, 0.5) is 0 Å². The molecule has 3 nitrogen and oxygen atoms in total. The monoisotopic (exact) mass is 244 g/mol. The minimum absolute atomic E-state index is 0.169.